The Bertz CT molecular complexity index is 294. The summed E-state index contributed by atoms with van der Waals surface area (Å²) in [6.45, 7) is 6.12. The fourth-order valence-corrected chi connectivity index (χ4v) is 4.80. The van der Waals surface area contributed by atoms with Crippen LogP contribution in [0.5, 0.6) is 0 Å². The average Bonchev–Trinajstić information content (AvgIpc) is 2.98. The molecule has 0 spiro atoms. The Labute approximate surface area is 119 Å². The second-order valence-electron chi connectivity index (χ2n) is 8.03. The van der Waals surface area contributed by atoms with Gasteiger partial charge in [-0.3, -0.25) is 0 Å². The van der Waals surface area contributed by atoms with Gasteiger partial charge in [-0.2, -0.15) is 0 Å². The van der Waals surface area contributed by atoms with Crippen molar-refractivity contribution in [2.75, 3.05) is 6.54 Å². The molecule has 2 N–H and O–H groups in total. The van der Waals surface area contributed by atoms with Crippen LogP contribution < -0.4 is 10.6 Å². The molecule has 1 saturated heterocycles. The Morgan fingerprint density at radius 2 is 1.89 bits per heavy atom. The molecule has 4 unspecified atom stereocenters. The van der Waals surface area contributed by atoms with E-state index in [1.165, 1.54) is 64.3 Å². The van der Waals surface area contributed by atoms with Crippen molar-refractivity contribution >= 4 is 0 Å². The number of rotatable bonds is 3. The summed E-state index contributed by atoms with van der Waals surface area (Å²) in [5.74, 6) is 0.906. The number of hydrogen-bond acceptors (Lipinski definition) is 2. The summed E-state index contributed by atoms with van der Waals surface area (Å²) < 4.78 is 0. The molecule has 0 radical (unpaired) electrons. The summed E-state index contributed by atoms with van der Waals surface area (Å²) >= 11 is 0. The molecule has 1 aliphatic heterocycles. The Morgan fingerprint density at radius 3 is 2.58 bits per heavy atom. The third-order valence-electron chi connectivity index (χ3n) is 5.85. The van der Waals surface area contributed by atoms with Gasteiger partial charge in [0.05, 0.1) is 0 Å². The van der Waals surface area contributed by atoms with Crippen molar-refractivity contribution in [3.8, 4) is 0 Å². The van der Waals surface area contributed by atoms with Gasteiger partial charge in [0.25, 0.3) is 0 Å². The van der Waals surface area contributed by atoms with Crippen molar-refractivity contribution in [1.82, 2.24) is 10.6 Å². The van der Waals surface area contributed by atoms with Crippen LogP contribution in [0.15, 0.2) is 0 Å². The molecule has 110 valence electrons. The molecule has 2 saturated carbocycles. The highest BCUT2D eigenvalue weighted by atomic mass is 15.0. The van der Waals surface area contributed by atoms with Crippen LogP contribution >= 0.6 is 0 Å². The second-order valence-corrected chi connectivity index (χ2v) is 8.03. The molecule has 3 fully saturated rings. The molecule has 4 atom stereocenters. The van der Waals surface area contributed by atoms with Crippen LogP contribution in [0, 0.1) is 11.3 Å². The lowest BCUT2D eigenvalue weighted by Gasteiger charge is -2.34. The van der Waals surface area contributed by atoms with Crippen LogP contribution in [0.1, 0.15) is 71.6 Å². The van der Waals surface area contributed by atoms with E-state index in [2.05, 4.69) is 24.5 Å². The van der Waals surface area contributed by atoms with Crippen LogP contribution in [0.2, 0.25) is 0 Å². The lowest BCUT2D eigenvalue weighted by atomic mass is 9.87. The zero-order chi connectivity index (χ0) is 13.3. The summed E-state index contributed by atoms with van der Waals surface area (Å²) in [6, 6.07) is 2.40. The van der Waals surface area contributed by atoms with Gasteiger partial charge in [0.15, 0.2) is 0 Å². The Hall–Kier alpha value is -0.0800. The Balaban J connectivity index is 1.54. The van der Waals surface area contributed by atoms with Crippen molar-refractivity contribution in [3.05, 3.63) is 0 Å². The highest BCUT2D eigenvalue weighted by Crippen LogP contribution is 2.39. The summed E-state index contributed by atoms with van der Waals surface area (Å²) in [5, 5.41) is 7.83. The minimum atomic E-state index is 0.578. The third kappa shape index (κ3) is 3.33. The molecular formula is C17H32N2. The summed E-state index contributed by atoms with van der Waals surface area (Å²) in [4.78, 5) is 0. The highest BCUT2D eigenvalue weighted by Gasteiger charge is 2.38. The van der Waals surface area contributed by atoms with E-state index in [1.807, 2.05) is 0 Å². The lowest BCUT2D eigenvalue weighted by Crippen LogP contribution is -2.49. The number of nitrogens with one attached hydrogen (secondary N) is 2. The molecule has 0 aromatic carbocycles. The molecule has 1 heterocycles. The predicted octanol–water partition coefficient (Wildman–Crippen LogP) is 3.47. The first-order chi connectivity index (χ1) is 9.14. The Morgan fingerprint density at radius 1 is 1.00 bits per heavy atom. The summed E-state index contributed by atoms with van der Waals surface area (Å²) in [6.07, 6.45) is 12.7. The van der Waals surface area contributed by atoms with E-state index >= 15 is 0 Å². The maximum Gasteiger partial charge on any atom is 0.0113 e. The second kappa shape index (κ2) is 5.73. The van der Waals surface area contributed by atoms with E-state index < -0.39 is 0 Å². The molecule has 0 bridgehead atoms. The fraction of sp³-hybridized carbons (Fsp3) is 1.00. The molecule has 19 heavy (non-hydrogen) atoms. The van der Waals surface area contributed by atoms with Gasteiger partial charge < -0.3 is 10.6 Å². The van der Waals surface area contributed by atoms with Gasteiger partial charge in [-0.05, 0) is 62.8 Å². The van der Waals surface area contributed by atoms with Crippen molar-refractivity contribution in [2.45, 2.75) is 89.8 Å². The van der Waals surface area contributed by atoms with Gasteiger partial charge in [-0.15, -0.1) is 0 Å². The minimum Gasteiger partial charge on any atom is -0.314 e. The smallest absolute Gasteiger partial charge is 0.0113 e. The van der Waals surface area contributed by atoms with Gasteiger partial charge in [-0.25, -0.2) is 0 Å². The van der Waals surface area contributed by atoms with Gasteiger partial charge in [0, 0.05) is 18.1 Å². The van der Waals surface area contributed by atoms with Gasteiger partial charge in [0.1, 0.15) is 0 Å². The van der Waals surface area contributed by atoms with Gasteiger partial charge >= 0.3 is 0 Å². The molecule has 2 aliphatic carbocycles. The fourth-order valence-electron chi connectivity index (χ4n) is 4.80. The largest absolute Gasteiger partial charge is 0.314 e. The van der Waals surface area contributed by atoms with Gasteiger partial charge in [0.2, 0.25) is 0 Å². The topological polar surface area (TPSA) is 24.1 Å². The number of hydrogen-bond donors (Lipinski definition) is 2. The van der Waals surface area contributed by atoms with Crippen molar-refractivity contribution in [2.24, 2.45) is 11.3 Å². The van der Waals surface area contributed by atoms with Crippen LogP contribution in [0.4, 0.5) is 0 Å². The first-order valence-corrected chi connectivity index (χ1v) is 8.63. The molecule has 3 aliphatic rings. The molecule has 0 aromatic heterocycles. The van der Waals surface area contributed by atoms with E-state index in [1.54, 1.807) is 0 Å². The van der Waals surface area contributed by atoms with Crippen LogP contribution in [0.3, 0.4) is 0 Å². The molecule has 0 amide bonds. The van der Waals surface area contributed by atoms with E-state index in [9.17, 15) is 0 Å². The predicted molar refractivity (Wildman–Crippen MR) is 81.3 cm³/mol. The monoisotopic (exact) mass is 264 g/mol. The van der Waals surface area contributed by atoms with E-state index in [0.717, 1.165) is 24.0 Å². The van der Waals surface area contributed by atoms with Crippen molar-refractivity contribution in [1.29, 1.82) is 0 Å². The average molecular weight is 264 g/mol. The molecule has 2 heteroatoms. The zero-order valence-electron chi connectivity index (χ0n) is 12.9. The van der Waals surface area contributed by atoms with Crippen molar-refractivity contribution in [3.63, 3.8) is 0 Å². The zero-order valence-corrected chi connectivity index (χ0v) is 12.9. The molecule has 0 aromatic rings. The van der Waals surface area contributed by atoms with Crippen LogP contribution in [-0.4, -0.2) is 24.7 Å². The quantitative estimate of drug-likeness (QED) is 0.815. The normalized spacial score (nSPS) is 42.6. The maximum absolute atomic E-state index is 4.04. The third-order valence-corrected chi connectivity index (χ3v) is 5.85. The van der Waals surface area contributed by atoms with Crippen LogP contribution in [-0.2, 0) is 0 Å². The van der Waals surface area contributed by atoms with E-state index in [4.69, 9.17) is 0 Å². The molecule has 3 rings (SSSR count). The first-order valence-electron chi connectivity index (χ1n) is 8.63. The van der Waals surface area contributed by atoms with Crippen molar-refractivity contribution < 1.29 is 0 Å². The standard InChI is InChI=1S/C17H32N2/c1-17(2)10-9-13(12-17)19-16-8-5-6-14(16)15-7-3-4-11-18-15/h13-16,18-19H,3-12H2,1-2H3. The summed E-state index contributed by atoms with van der Waals surface area (Å²) in [7, 11) is 0. The Kier molecular flexibility index (Phi) is 4.19. The SMILES string of the molecule is CC1(C)CCC(NC2CCCC2C2CCCCN2)C1. The minimum absolute atomic E-state index is 0.578. The van der Waals surface area contributed by atoms with Crippen LogP contribution in [0.25, 0.3) is 0 Å². The molecule has 2 nitrogen and oxygen atoms in total. The first kappa shape index (κ1) is 13.9. The van der Waals surface area contributed by atoms with E-state index in [-0.39, 0.29) is 0 Å². The number of piperidine rings is 1. The molecular weight excluding hydrogens is 232 g/mol. The maximum atomic E-state index is 4.04. The lowest BCUT2D eigenvalue weighted by molar-refractivity contribution is 0.242. The highest BCUT2D eigenvalue weighted by molar-refractivity contribution is 4.96. The van der Waals surface area contributed by atoms with E-state index in [0.29, 0.717) is 5.41 Å². The van der Waals surface area contributed by atoms with Gasteiger partial charge in [-0.1, -0.05) is 26.7 Å². The summed E-state index contributed by atoms with van der Waals surface area (Å²) in [5.41, 5.74) is 0.578.